The lowest BCUT2D eigenvalue weighted by atomic mass is 10.1. The Morgan fingerprint density at radius 1 is 1.35 bits per heavy atom. The number of hydrogen-bond acceptors (Lipinski definition) is 4. The number of hydrogen-bond donors (Lipinski definition) is 2. The lowest BCUT2D eigenvalue weighted by Crippen LogP contribution is -2.41. The maximum atomic E-state index is 12.0. The minimum absolute atomic E-state index is 0.0167. The summed E-state index contributed by atoms with van der Waals surface area (Å²) in [6.45, 7) is 0. The van der Waals surface area contributed by atoms with Gasteiger partial charge in [0.25, 0.3) is 5.91 Å². The Hall–Kier alpha value is -1.64. The Morgan fingerprint density at radius 2 is 2.00 bits per heavy atom. The molecule has 1 rings (SSSR count). The quantitative estimate of drug-likeness (QED) is 0.566. The second-order valence-corrected chi connectivity index (χ2v) is 5.12. The topological polar surface area (TPSA) is 92.7 Å². The van der Waals surface area contributed by atoms with Crippen LogP contribution in [-0.4, -0.2) is 36.1 Å². The second-order valence-electron chi connectivity index (χ2n) is 3.96. The molecule has 1 aromatic rings. The molecule has 20 heavy (non-hydrogen) atoms. The Bertz CT molecular complexity index is 517. The average molecular weight is 391 g/mol. The van der Waals surface area contributed by atoms with Crippen molar-refractivity contribution in [2.24, 2.45) is 0 Å². The number of ether oxygens (including phenoxy) is 1. The van der Waals surface area contributed by atoms with Crippen LogP contribution in [0.5, 0.6) is 0 Å². The van der Waals surface area contributed by atoms with Crippen LogP contribution in [0.4, 0.5) is 0 Å². The van der Waals surface area contributed by atoms with Crippen LogP contribution in [0, 0.1) is 3.57 Å². The minimum atomic E-state index is -1.19. The van der Waals surface area contributed by atoms with Crippen molar-refractivity contribution in [3.05, 3.63) is 33.4 Å². The summed E-state index contributed by atoms with van der Waals surface area (Å²) in [4.78, 5) is 34.1. The summed E-state index contributed by atoms with van der Waals surface area (Å²) >= 11 is 2.00. The summed E-state index contributed by atoms with van der Waals surface area (Å²) in [6.07, 6.45) is -0.0865. The van der Waals surface area contributed by atoms with Gasteiger partial charge in [0.1, 0.15) is 6.04 Å². The molecule has 0 radical (unpaired) electrons. The number of carboxylic acids is 1. The molecule has 0 aromatic heterocycles. The van der Waals surface area contributed by atoms with Crippen LogP contribution in [0.15, 0.2) is 24.3 Å². The van der Waals surface area contributed by atoms with E-state index in [0.29, 0.717) is 5.56 Å². The van der Waals surface area contributed by atoms with Crippen LogP contribution in [-0.2, 0) is 14.3 Å². The van der Waals surface area contributed by atoms with E-state index in [1.165, 1.54) is 7.11 Å². The molecular formula is C13H14INO5. The van der Waals surface area contributed by atoms with Crippen molar-refractivity contribution in [3.63, 3.8) is 0 Å². The fraction of sp³-hybridized carbons (Fsp3) is 0.308. The molecule has 0 unspecified atom stereocenters. The van der Waals surface area contributed by atoms with Gasteiger partial charge in [-0.3, -0.25) is 9.59 Å². The van der Waals surface area contributed by atoms with Crippen LogP contribution in [0.3, 0.4) is 0 Å². The first-order valence-electron chi connectivity index (χ1n) is 5.80. The molecular weight excluding hydrogens is 377 g/mol. The van der Waals surface area contributed by atoms with Crippen molar-refractivity contribution >= 4 is 40.4 Å². The molecule has 0 fully saturated rings. The number of benzene rings is 1. The number of carboxylic acid groups (broad SMARTS) is 1. The molecule has 7 heteroatoms. The monoisotopic (exact) mass is 391 g/mol. The number of esters is 1. The molecule has 1 amide bonds. The van der Waals surface area contributed by atoms with E-state index in [1.54, 1.807) is 24.3 Å². The molecule has 0 saturated carbocycles. The first-order chi connectivity index (χ1) is 9.45. The van der Waals surface area contributed by atoms with Gasteiger partial charge >= 0.3 is 11.9 Å². The molecule has 0 aliphatic carbocycles. The Balaban J connectivity index is 2.71. The van der Waals surface area contributed by atoms with E-state index < -0.39 is 23.9 Å². The van der Waals surface area contributed by atoms with E-state index in [2.05, 4.69) is 10.1 Å². The summed E-state index contributed by atoms with van der Waals surface area (Å²) in [5.41, 5.74) is 0.400. The summed E-state index contributed by atoms with van der Waals surface area (Å²) in [7, 11) is 1.23. The van der Waals surface area contributed by atoms with Crippen molar-refractivity contribution in [3.8, 4) is 0 Å². The number of rotatable bonds is 6. The standard InChI is InChI=1S/C13H14INO5/c1-20-11(16)7-6-10(13(18)19)15-12(17)8-4-2-3-5-9(8)14/h2-5,10H,6-7H2,1H3,(H,15,17)(H,18,19)/t10-/m1/s1. The molecule has 1 atom stereocenters. The van der Waals surface area contributed by atoms with Gasteiger partial charge in [0.2, 0.25) is 0 Å². The molecule has 0 aliphatic heterocycles. The molecule has 108 valence electrons. The maximum absolute atomic E-state index is 12.0. The van der Waals surface area contributed by atoms with Crippen molar-refractivity contribution in [1.82, 2.24) is 5.32 Å². The van der Waals surface area contributed by atoms with Gasteiger partial charge in [0.05, 0.1) is 12.7 Å². The predicted molar refractivity (Wildman–Crippen MR) is 79.3 cm³/mol. The van der Waals surface area contributed by atoms with Gasteiger partial charge in [0, 0.05) is 9.99 Å². The summed E-state index contributed by atoms with van der Waals surface area (Å²) in [5, 5.41) is 11.5. The highest BCUT2D eigenvalue weighted by atomic mass is 127. The zero-order valence-corrected chi connectivity index (χ0v) is 12.9. The number of nitrogens with one attached hydrogen (secondary N) is 1. The van der Waals surface area contributed by atoms with Gasteiger partial charge in [-0.15, -0.1) is 0 Å². The normalized spacial score (nSPS) is 11.5. The highest BCUT2D eigenvalue weighted by Gasteiger charge is 2.22. The third kappa shape index (κ3) is 4.80. The number of aliphatic carboxylic acids is 1. The SMILES string of the molecule is COC(=O)CC[C@@H](NC(=O)c1ccccc1I)C(=O)O. The zero-order valence-electron chi connectivity index (χ0n) is 10.8. The third-order valence-electron chi connectivity index (χ3n) is 2.59. The van der Waals surface area contributed by atoms with E-state index in [4.69, 9.17) is 5.11 Å². The largest absolute Gasteiger partial charge is 0.480 e. The zero-order chi connectivity index (χ0) is 15.1. The summed E-state index contributed by atoms with van der Waals surface area (Å²) in [5.74, 6) is -2.18. The van der Waals surface area contributed by atoms with Crippen molar-refractivity contribution in [2.45, 2.75) is 18.9 Å². The van der Waals surface area contributed by atoms with Crippen molar-refractivity contribution < 1.29 is 24.2 Å². The molecule has 0 aliphatic rings. The second kappa shape index (κ2) is 7.83. The van der Waals surface area contributed by atoms with Gasteiger partial charge in [-0.1, -0.05) is 12.1 Å². The van der Waals surface area contributed by atoms with Gasteiger partial charge in [-0.25, -0.2) is 4.79 Å². The average Bonchev–Trinajstić information content (AvgIpc) is 2.42. The van der Waals surface area contributed by atoms with E-state index in [0.717, 1.165) is 3.57 Å². The van der Waals surface area contributed by atoms with E-state index in [9.17, 15) is 14.4 Å². The van der Waals surface area contributed by atoms with Crippen LogP contribution >= 0.6 is 22.6 Å². The van der Waals surface area contributed by atoms with Crippen LogP contribution in [0.25, 0.3) is 0 Å². The fourth-order valence-electron chi connectivity index (χ4n) is 1.50. The van der Waals surface area contributed by atoms with Crippen LogP contribution in [0.2, 0.25) is 0 Å². The molecule has 1 aromatic carbocycles. The third-order valence-corrected chi connectivity index (χ3v) is 3.53. The highest BCUT2D eigenvalue weighted by molar-refractivity contribution is 14.1. The highest BCUT2D eigenvalue weighted by Crippen LogP contribution is 2.12. The summed E-state index contributed by atoms with van der Waals surface area (Å²) in [6, 6.07) is 5.71. The molecule has 0 heterocycles. The van der Waals surface area contributed by atoms with Gasteiger partial charge in [-0.05, 0) is 41.1 Å². The number of methoxy groups -OCH3 is 1. The first-order valence-corrected chi connectivity index (χ1v) is 6.88. The minimum Gasteiger partial charge on any atom is -0.480 e. The summed E-state index contributed by atoms with van der Waals surface area (Å²) < 4.78 is 5.17. The van der Waals surface area contributed by atoms with Gasteiger partial charge < -0.3 is 15.2 Å². The van der Waals surface area contributed by atoms with Crippen LogP contribution in [0.1, 0.15) is 23.2 Å². The maximum Gasteiger partial charge on any atom is 0.326 e. The Morgan fingerprint density at radius 3 is 2.55 bits per heavy atom. The lowest BCUT2D eigenvalue weighted by molar-refractivity contribution is -0.142. The van der Waals surface area contributed by atoms with Gasteiger partial charge in [0.15, 0.2) is 0 Å². The number of amides is 1. The smallest absolute Gasteiger partial charge is 0.326 e. The van der Waals surface area contributed by atoms with E-state index in [-0.39, 0.29) is 12.8 Å². The Labute approximate surface area is 129 Å². The lowest BCUT2D eigenvalue weighted by Gasteiger charge is -2.14. The van der Waals surface area contributed by atoms with Crippen molar-refractivity contribution in [1.29, 1.82) is 0 Å². The molecule has 0 spiro atoms. The Kier molecular flexibility index (Phi) is 6.43. The molecule has 0 bridgehead atoms. The first kappa shape index (κ1) is 16.4. The number of carbonyl (C=O) groups excluding carboxylic acids is 2. The van der Waals surface area contributed by atoms with E-state index in [1.807, 2.05) is 22.6 Å². The van der Waals surface area contributed by atoms with Crippen LogP contribution < -0.4 is 5.32 Å². The fourth-order valence-corrected chi connectivity index (χ4v) is 2.14. The molecule has 0 saturated heterocycles. The van der Waals surface area contributed by atoms with Gasteiger partial charge in [-0.2, -0.15) is 0 Å². The van der Waals surface area contributed by atoms with E-state index >= 15 is 0 Å². The predicted octanol–water partition coefficient (Wildman–Crippen LogP) is 1.43. The van der Waals surface area contributed by atoms with Crippen molar-refractivity contribution in [2.75, 3.05) is 7.11 Å². The molecule has 6 nitrogen and oxygen atoms in total. The number of carbonyl (C=O) groups is 3. The number of halogens is 1. The molecule has 2 N–H and O–H groups in total.